The van der Waals surface area contributed by atoms with E-state index in [0.29, 0.717) is 32.7 Å². The highest BCUT2D eigenvalue weighted by molar-refractivity contribution is 5.98. The highest BCUT2D eigenvalue weighted by Crippen LogP contribution is 2.32. The number of hydrogen-bond acceptors (Lipinski definition) is 5. The van der Waals surface area contributed by atoms with Crippen LogP contribution in [0.2, 0.25) is 0 Å². The molecular formula is C25H30FN5O2. The van der Waals surface area contributed by atoms with E-state index in [9.17, 15) is 14.0 Å². The normalized spacial score (nSPS) is 26.5. The number of likely N-dealkylation sites (tertiary alicyclic amines) is 1. The predicted molar refractivity (Wildman–Crippen MR) is 124 cm³/mol. The summed E-state index contributed by atoms with van der Waals surface area (Å²) in [5.41, 5.74) is 5.11. The number of benzene rings is 2. The number of hydrogen-bond donors (Lipinski definition) is 1. The van der Waals surface area contributed by atoms with Gasteiger partial charge in [-0.2, -0.15) is 0 Å². The number of nitrogens with one attached hydrogen (secondary N) is 1. The molecule has 2 aromatic carbocycles. The molecule has 0 aromatic heterocycles. The molecule has 2 amide bonds. The van der Waals surface area contributed by atoms with Crippen LogP contribution in [0.1, 0.15) is 5.56 Å². The lowest BCUT2D eigenvalue weighted by Gasteiger charge is -2.41. The van der Waals surface area contributed by atoms with E-state index >= 15 is 0 Å². The molecule has 3 atom stereocenters. The number of piperazine rings is 1. The molecule has 3 aliphatic rings. The van der Waals surface area contributed by atoms with Crippen LogP contribution in [0.4, 0.5) is 10.1 Å². The largest absolute Gasteiger partial charge is 0.340 e. The lowest BCUT2D eigenvalue weighted by molar-refractivity contribution is -0.141. The molecular weight excluding hydrogens is 421 g/mol. The first kappa shape index (κ1) is 22.0. The minimum absolute atomic E-state index is 0.0236. The molecule has 3 heterocycles. The summed E-state index contributed by atoms with van der Waals surface area (Å²) < 4.78 is 13.5. The number of amides is 2. The Labute approximate surface area is 193 Å². The molecule has 1 N–H and O–H groups in total. The molecule has 5 rings (SSSR count). The summed E-state index contributed by atoms with van der Waals surface area (Å²) in [7, 11) is 1.98. The molecule has 0 radical (unpaired) electrons. The second-order valence-electron chi connectivity index (χ2n) is 9.33. The summed E-state index contributed by atoms with van der Waals surface area (Å²) in [5, 5.41) is 1.62. The second kappa shape index (κ2) is 9.21. The smallest absolute Gasteiger partial charge is 0.247 e. The number of fused-ring (bicyclic) bond motifs is 1. The molecule has 3 unspecified atom stereocenters. The molecule has 33 heavy (non-hydrogen) atoms. The predicted octanol–water partition coefficient (Wildman–Crippen LogP) is 1.57. The van der Waals surface area contributed by atoms with Crippen molar-refractivity contribution in [3.05, 3.63) is 66.0 Å². The maximum Gasteiger partial charge on any atom is 0.247 e. The number of carbonyl (C=O) groups is 2. The van der Waals surface area contributed by atoms with Crippen LogP contribution in [0, 0.1) is 17.7 Å². The van der Waals surface area contributed by atoms with Gasteiger partial charge in [-0.15, -0.1) is 0 Å². The van der Waals surface area contributed by atoms with Gasteiger partial charge in [0, 0.05) is 45.8 Å². The van der Waals surface area contributed by atoms with Crippen molar-refractivity contribution >= 4 is 17.5 Å². The van der Waals surface area contributed by atoms with Gasteiger partial charge in [0.1, 0.15) is 5.82 Å². The zero-order valence-electron chi connectivity index (χ0n) is 18.9. The average Bonchev–Trinajstić information content (AvgIpc) is 3.15. The maximum absolute atomic E-state index is 13.6. The second-order valence-corrected chi connectivity index (χ2v) is 9.33. The molecule has 3 aliphatic heterocycles. The molecule has 2 aromatic rings. The van der Waals surface area contributed by atoms with Crippen molar-refractivity contribution < 1.29 is 14.0 Å². The molecule has 174 valence electrons. The van der Waals surface area contributed by atoms with Crippen LogP contribution in [0.25, 0.3) is 0 Å². The number of rotatable bonds is 4. The van der Waals surface area contributed by atoms with Crippen LogP contribution >= 0.6 is 0 Å². The molecule has 0 bridgehead atoms. The summed E-state index contributed by atoms with van der Waals surface area (Å²) >= 11 is 0. The molecule has 0 spiro atoms. The van der Waals surface area contributed by atoms with Crippen molar-refractivity contribution in [2.75, 3.05) is 51.3 Å². The number of halogens is 1. The van der Waals surface area contributed by atoms with Gasteiger partial charge in [0.2, 0.25) is 11.8 Å². The van der Waals surface area contributed by atoms with E-state index in [-0.39, 0.29) is 35.5 Å². The summed E-state index contributed by atoms with van der Waals surface area (Å²) in [6.07, 6.45) is 0. The highest BCUT2D eigenvalue weighted by Gasteiger charge is 2.51. The Kier molecular flexibility index (Phi) is 6.14. The first-order valence-corrected chi connectivity index (χ1v) is 11.6. The fraction of sp³-hybridized carbons (Fsp3) is 0.440. The molecule has 7 nitrogen and oxygen atoms in total. The lowest BCUT2D eigenvalue weighted by Crippen LogP contribution is -2.59. The first-order chi connectivity index (χ1) is 16.0. The number of hydrazine groups is 1. The van der Waals surface area contributed by atoms with Crippen molar-refractivity contribution in [2.45, 2.75) is 12.6 Å². The van der Waals surface area contributed by atoms with Gasteiger partial charge >= 0.3 is 0 Å². The van der Waals surface area contributed by atoms with E-state index in [1.165, 1.54) is 6.07 Å². The van der Waals surface area contributed by atoms with E-state index in [1.807, 2.05) is 48.3 Å². The Bertz CT molecular complexity index is 1010. The first-order valence-electron chi connectivity index (χ1n) is 11.6. The standard InChI is InChI=1S/C25H30FN5O2/c1-28-16-21(23-22(17-28)25(33)31(27-23)20-8-3-2-4-9-20)24(32)30-12-10-29(11-13-30)15-18-6-5-7-19(26)14-18/h2-9,14,21-23,27H,10-13,15-17H2,1H3. The molecule has 0 aliphatic carbocycles. The monoisotopic (exact) mass is 451 g/mol. The summed E-state index contributed by atoms with van der Waals surface area (Å²) in [4.78, 5) is 33.0. The molecule has 0 saturated carbocycles. The van der Waals surface area contributed by atoms with Gasteiger partial charge in [-0.25, -0.2) is 14.8 Å². The third-order valence-electron chi connectivity index (χ3n) is 7.01. The van der Waals surface area contributed by atoms with Gasteiger partial charge in [0.15, 0.2) is 0 Å². The highest BCUT2D eigenvalue weighted by atomic mass is 19.1. The van der Waals surface area contributed by atoms with E-state index < -0.39 is 0 Å². The number of carbonyl (C=O) groups excluding carboxylic acids is 2. The zero-order chi connectivity index (χ0) is 22.9. The van der Waals surface area contributed by atoms with Gasteiger partial charge in [0.05, 0.1) is 23.6 Å². The van der Waals surface area contributed by atoms with Gasteiger partial charge in [-0.05, 0) is 36.9 Å². The van der Waals surface area contributed by atoms with E-state index in [1.54, 1.807) is 17.1 Å². The van der Waals surface area contributed by atoms with Crippen LogP contribution in [0.15, 0.2) is 54.6 Å². The van der Waals surface area contributed by atoms with Gasteiger partial charge in [-0.3, -0.25) is 14.5 Å². The summed E-state index contributed by atoms with van der Waals surface area (Å²) in [6.45, 7) is 4.74. The quantitative estimate of drug-likeness (QED) is 0.765. The van der Waals surface area contributed by atoms with E-state index in [2.05, 4.69) is 15.2 Å². The Morgan fingerprint density at radius 1 is 1.03 bits per heavy atom. The SMILES string of the molecule is CN1CC(C(=O)N2CCN(Cc3cccc(F)c3)CC2)C2NN(c3ccccc3)C(=O)C2C1. The lowest BCUT2D eigenvalue weighted by atomic mass is 9.84. The Balaban J connectivity index is 1.24. The third kappa shape index (κ3) is 4.51. The van der Waals surface area contributed by atoms with Gasteiger partial charge in [-0.1, -0.05) is 30.3 Å². The minimum atomic E-state index is -0.277. The third-order valence-corrected chi connectivity index (χ3v) is 7.01. The van der Waals surface area contributed by atoms with Crippen LogP contribution in [0.3, 0.4) is 0 Å². The maximum atomic E-state index is 13.6. The molecule has 3 saturated heterocycles. The fourth-order valence-corrected chi connectivity index (χ4v) is 5.31. The minimum Gasteiger partial charge on any atom is -0.340 e. The van der Waals surface area contributed by atoms with Crippen LogP contribution in [-0.2, 0) is 16.1 Å². The summed E-state index contributed by atoms with van der Waals surface area (Å²) in [6, 6.07) is 16.0. The summed E-state index contributed by atoms with van der Waals surface area (Å²) in [5.74, 6) is -0.610. The van der Waals surface area contributed by atoms with Crippen LogP contribution in [-0.4, -0.2) is 78.9 Å². The van der Waals surface area contributed by atoms with Crippen molar-refractivity contribution in [3.63, 3.8) is 0 Å². The van der Waals surface area contributed by atoms with Gasteiger partial charge < -0.3 is 9.80 Å². The van der Waals surface area contributed by atoms with Crippen molar-refractivity contribution in [1.29, 1.82) is 0 Å². The Hall–Kier alpha value is -2.81. The average molecular weight is 452 g/mol. The number of para-hydroxylation sites is 1. The number of piperidine rings is 1. The zero-order valence-corrected chi connectivity index (χ0v) is 18.9. The molecule has 8 heteroatoms. The van der Waals surface area contributed by atoms with Crippen molar-refractivity contribution in [2.24, 2.45) is 11.8 Å². The topological polar surface area (TPSA) is 59.1 Å². The van der Waals surface area contributed by atoms with E-state index in [0.717, 1.165) is 24.3 Å². The Morgan fingerprint density at radius 3 is 2.52 bits per heavy atom. The van der Waals surface area contributed by atoms with Crippen molar-refractivity contribution in [3.8, 4) is 0 Å². The van der Waals surface area contributed by atoms with Gasteiger partial charge in [0.25, 0.3) is 0 Å². The van der Waals surface area contributed by atoms with Crippen molar-refractivity contribution in [1.82, 2.24) is 20.1 Å². The number of nitrogens with zero attached hydrogens (tertiary/aromatic N) is 4. The molecule has 3 fully saturated rings. The van der Waals surface area contributed by atoms with Crippen LogP contribution < -0.4 is 10.4 Å². The van der Waals surface area contributed by atoms with E-state index in [4.69, 9.17) is 0 Å². The Morgan fingerprint density at radius 2 is 1.79 bits per heavy atom. The van der Waals surface area contributed by atoms with Crippen LogP contribution in [0.5, 0.6) is 0 Å². The fourth-order valence-electron chi connectivity index (χ4n) is 5.31. The number of anilines is 1.